The first kappa shape index (κ1) is 15.0. The van der Waals surface area contributed by atoms with Crippen molar-refractivity contribution in [2.75, 3.05) is 18.5 Å². The molecule has 5 nitrogen and oxygen atoms in total. The quantitative estimate of drug-likeness (QED) is 0.645. The lowest BCUT2D eigenvalue weighted by Gasteiger charge is -2.38. The van der Waals surface area contributed by atoms with Crippen LogP contribution in [-0.2, 0) is 4.74 Å². The number of aromatic nitrogens is 1. The fourth-order valence-electron chi connectivity index (χ4n) is 2.22. The SMILES string of the molecule is CCOC(=O)c1nc(NCC2(C)CCC2)sc1C(C)=O. The number of Topliss-reactive ketones (excluding diaryl/α,β-unsaturated/α-hetero) is 1. The summed E-state index contributed by atoms with van der Waals surface area (Å²) in [6.07, 6.45) is 3.67. The molecule has 0 amide bonds. The number of esters is 1. The van der Waals surface area contributed by atoms with Gasteiger partial charge in [-0.15, -0.1) is 0 Å². The maximum atomic E-state index is 11.8. The van der Waals surface area contributed by atoms with Crippen LogP contribution in [0.4, 0.5) is 5.13 Å². The van der Waals surface area contributed by atoms with Gasteiger partial charge < -0.3 is 10.1 Å². The number of ether oxygens (including phenoxy) is 1. The van der Waals surface area contributed by atoms with Crippen molar-refractivity contribution >= 4 is 28.2 Å². The van der Waals surface area contributed by atoms with Crippen LogP contribution in [0, 0.1) is 5.41 Å². The number of hydrogen-bond donors (Lipinski definition) is 1. The van der Waals surface area contributed by atoms with Crippen LogP contribution in [-0.4, -0.2) is 29.9 Å². The maximum Gasteiger partial charge on any atom is 0.358 e. The summed E-state index contributed by atoms with van der Waals surface area (Å²) in [5.41, 5.74) is 0.442. The summed E-state index contributed by atoms with van der Waals surface area (Å²) in [4.78, 5) is 28.0. The van der Waals surface area contributed by atoms with E-state index in [1.165, 1.54) is 37.5 Å². The van der Waals surface area contributed by atoms with Gasteiger partial charge >= 0.3 is 5.97 Å². The van der Waals surface area contributed by atoms with Gasteiger partial charge in [0.2, 0.25) is 0 Å². The largest absolute Gasteiger partial charge is 0.461 e. The fraction of sp³-hybridized carbons (Fsp3) is 0.643. The molecule has 0 unspecified atom stereocenters. The molecule has 1 saturated carbocycles. The Morgan fingerprint density at radius 2 is 2.15 bits per heavy atom. The van der Waals surface area contributed by atoms with E-state index in [-0.39, 0.29) is 18.1 Å². The third-order valence-electron chi connectivity index (χ3n) is 3.64. The first-order valence-electron chi connectivity index (χ1n) is 6.88. The molecule has 20 heavy (non-hydrogen) atoms. The lowest BCUT2D eigenvalue weighted by atomic mass is 9.70. The van der Waals surface area contributed by atoms with Crippen LogP contribution in [0.15, 0.2) is 0 Å². The molecule has 2 rings (SSSR count). The second-order valence-corrected chi connectivity index (χ2v) is 6.49. The van der Waals surface area contributed by atoms with Crippen LogP contribution in [0.25, 0.3) is 0 Å². The third kappa shape index (κ3) is 3.17. The molecule has 1 aliphatic carbocycles. The van der Waals surface area contributed by atoms with Gasteiger partial charge in [-0.05, 0) is 25.2 Å². The summed E-state index contributed by atoms with van der Waals surface area (Å²) in [5.74, 6) is -0.690. The summed E-state index contributed by atoms with van der Waals surface area (Å²) in [6.45, 7) is 6.49. The Balaban J connectivity index is 2.12. The molecule has 1 aromatic rings. The van der Waals surface area contributed by atoms with E-state index in [2.05, 4.69) is 17.2 Å². The summed E-state index contributed by atoms with van der Waals surface area (Å²) in [6, 6.07) is 0. The number of ketones is 1. The normalized spacial score (nSPS) is 16.4. The maximum absolute atomic E-state index is 11.8. The standard InChI is InChI=1S/C14H20N2O3S/c1-4-19-12(18)10-11(9(2)17)20-13(16-10)15-8-14(3)6-5-7-14/h4-8H2,1-3H3,(H,15,16). The number of nitrogens with zero attached hydrogens (tertiary/aromatic N) is 1. The van der Waals surface area contributed by atoms with E-state index in [1.807, 2.05) is 0 Å². The number of nitrogens with one attached hydrogen (secondary N) is 1. The third-order valence-corrected chi connectivity index (χ3v) is 4.76. The van der Waals surface area contributed by atoms with Crippen LogP contribution in [0.1, 0.15) is 60.2 Å². The van der Waals surface area contributed by atoms with Crippen molar-refractivity contribution < 1.29 is 14.3 Å². The zero-order chi connectivity index (χ0) is 14.8. The molecular formula is C14H20N2O3S. The minimum atomic E-state index is -0.531. The molecule has 1 heterocycles. The van der Waals surface area contributed by atoms with Crippen molar-refractivity contribution in [2.45, 2.75) is 40.0 Å². The van der Waals surface area contributed by atoms with Crippen molar-refractivity contribution in [1.82, 2.24) is 4.98 Å². The predicted molar refractivity (Wildman–Crippen MR) is 78.5 cm³/mol. The lowest BCUT2D eigenvalue weighted by Crippen LogP contribution is -2.33. The Morgan fingerprint density at radius 1 is 1.45 bits per heavy atom. The smallest absolute Gasteiger partial charge is 0.358 e. The number of anilines is 1. The van der Waals surface area contributed by atoms with Crippen LogP contribution in [0.2, 0.25) is 0 Å². The van der Waals surface area contributed by atoms with Crippen LogP contribution in [0.5, 0.6) is 0 Å². The molecule has 1 fully saturated rings. The lowest BCUT2D eigenvalue weighted by molar-refractivity contribution is 0.0517. The Hall–Kier alpha value is -1.43. The van der Waals surface area contributed by atoms with Crippen molar-refractivity contribution in [3.05, 3.63) is 10.6 Å². The molecule has 0 aromatic carbocycles. The zero-order valence-corrected chi connectivity index (χ0v) is 12.9. The molecule has 0 aliphatic heterocycles. The second-order valence-electron chi connectivity index (χ2n) is 5.49. The minimum absolute atomic E-state index is 0.130. The van der Waals surface area contributed by atoms with Crippen molar-refractivity contribution in [1.29, 1.82) is 0 Å². The van der Waals surface area contributed by atoms with Gasteiger partial charge in [0.25, 0.3) is 0 Å². The van der Waals surface area contributed by atoms with Gasteiger partial charge in [-0.3, -0.25) is 4.79 Å². The summed E-state index contributed by atoms with van der Waals surface area (Å²) in [7, 11) is 0. The van der Waals surface area contributed by atoms with Gasteiger partial charge in [0.1, 0.15) is 4.88 Å². The highest BCUT2D eigenvalue weighted by atomic mass is 32.1. The number of hydrogen-bond acceptors (Lipinski definition) is 6. The Labute approximate surface area is 122 Å². The summed E-state index contributed by atoms with van der Waals surface area (Å²) < 4.78 is 4.94. The number of rotatable bonds is 6. The van der Waals surface area contributed by atoms with E-state index in [0.717, 1.165) is 6.54 Å². The van der Waals surface area contributed by atoms with Gasteiger partial charge in [-0.1, -0.05) is 24.7 Å². The van der Waals surface area contributed by atoms with E-state index < -0.39 is 5.97 Å². The van der Waals surface area contributed by atoms with Crippen molar-refractivity contribution in [3.63, 3.8) is 0 Å². The summed E-state index contributed by atoms with van der Waals surface area (Å²) in [5, 5.41) is 3.86. The number of carbonyl (C=O) groups excluding carboxylic acids is 2. The molecule has 0 saturated heterocycles. The average molecular weight is 296 g/mol. The van der Waals surface area contributed by atoms with E-state index in [9.17, 15) is 9.59 Å². The Morgan fingerprint density at radius 3 is 2.65 bits per heavy atom. The molecule has 1 aromatic heterocycles. The average Bonchev–Trinajstić information content (AvgIpc) is 2.79. The monoisotopic (exact) mass is 296 g/mol. The van der Waals surface area contributed by atoms with Gasteiger partial charge in [0.05, 0.1) is 6.61 Å². The molecule has 1 N–H and O–H groups in total. The van der Waals surface area contributed by atoms with E-state index in [1.54, 1.807) is 6.92 Å². The van der Waals surface area contributed by atoms with Crippen LogP contribution >= 0.6 is 11.3 Å². The highest BCUT2D eigenvalue weighted by molar-refractivity contribution is 7.17. The van der Waals surface area contributed by atoms with Crippen LogP contribution < -0.4 is 5.32 Å². The molecule has 0 radical (unpaired) electrons. The molecule has 0 spiro atoms. The molecule has 110 valence electrons. The van der Waals surface area contributed by atoms with Gasteiger partial charge in [0.15, 0.2) is 16.6 Å². The van der Waals surface area contributed by atoms with E-state index in [0.29, 0.717) is 15.4 Å². The van der Waals surface area contributed by atoms with Crippen molar-refractivity contribution in [3.8, 4) is 0 Å². The van der Waals surface area contributed by atoms with Crippen molar-refractivity contribution in [2.24, 2.45) is 5.41 Å². The highest BCUT2D eigenvalue weighted by Gasteiger charge is 2.32. The first-order chi connectivity index (χ1) is 9.45. The molecule has 6 heteroatoms. The molecular weight excluding hydrogens is 276 g/mol. The number of carbonyl (C=O) groups is 2. The van der Waals surface area contributed by atoms with Crippen LogP contribution in [0.3, 0.4) is 0 Å². The first-order valence-corrected chi connectivity index (χ1v) is 7.69. The van der Waals surface area contributed by atoms with Gasteiger partial charge in [-0.25, -0.2) is 9.78 Å². The Kier molecular flexibility index (Phi) is 4.42. The van der Waals surface area contributed by atoms with Gasteiger partial charge in [0, 0.05) is 13.5 Å². The molecule has 1 aliphatic rings. The highest BCUT2D eigenvalue weighted by Crippen LogP contribution is 2.40. The molecule has 0 atom stereocenters. The van der Waals surface area contributed by atoms with Gasteiger partial charge in [-0.2, -0.15) is 0 Å². The zero-order valence-electron chi connectivity index (χ0n) is 12.1. The molecule has 0 bridgehead atoms. The fourth-order valence-corrected chi connectivity index (χ4v) is 3.06. The summed E-state index contributed by atoms with van der Waals surface area (Å²) >= 11 is 1.22. The topological polar surface area (TPSA) is 68.3 Å². The van der Waals surface area contributed by atoms with E-state index >= 15 is 0 Å². The second kappa shape index (κ2) is 5.91. The minimum Gasteiger partial charge on any atom is -0.461 e. The van der Waals surface area contributed by atoms with E-state index in [4.69, 9.17) is 4.74 Å². The Bertz CT molecular complexity index is 520. The predicted octanol–water partition coefficient (Wildman–Crippen LogP) is 3.12. The number of thiazole rings is 1.